The SMILES string of the molecule is C[C@H](N)C(=O)N(C)Cc1cc(Cl)cc(Cl)c1. The first-order chi connectivity index (χ1) is 7.40. The molecule has 3 nitrogen and oxygen atoms in total. The number of hydrogen-bond acceptors (Lipinski definition) is 2. The first kappa shape index (κ1) is 13.3. The Morgan fingerprint density at radius 1 is 1.38 bits per heavy atom. The molecule has 0 bridgehead atoms. The van der Waals surface area contributed by atoms with Gasteiger partial charge in [-0.25, -0.2) is 0 Å². The summed E-state index contributed by atoms with van der Waals surface area (Å²) in [6, 6.07) is 4.70. The van der Waals surface area contributed by atoms with Gasteiger partial charge >= 0.3 is 0 Å². The number of rotatable bonds is 3. The Balaban J connectivity index is 2.76. The van der Waals surface area contributed by atoms with Gasteiger partial charge in [0.1, 0.15) is 0 Å². The summed E-state index contributed by atoms with van der Waals surface area (Å²) in [5.41, 5.74) is 6.39. The van der Waals surface area contributed by atoms with E-state index in [9.17, 15) is 4.79 Å². The molecule has 0 spiro atoms. The van der Waals surface area contributed by atoms with Crippen molar-refractivity contribution in [3.8, 4) is 0 Å². The lowest BCUT2D eigenvalue weighted by molar-refractivity contribution is -0.131. The van der Waals surface area contributed by atoms with Gasteiger partial charge in [-0.05, 0) is 30.7 Å². The van der Waals surface area contributed by atoms with Crippen LogP contribution in [0.3, 0.4) is 0 Å². The molecule has 0 aliphatic heterocycles. The van der Waals surface area contributed by atoms with Crippen LogP contribution >= 0.6 is 23.2 Å². The zero-order valence-corrected chi connectivity index (χ0v) is 10.7. The maximum absolute atomic E-state index is 11.6. The van der Waals surface area contributed by atoms with E-state index in [2.05, 4.69) is 0 Å². The first-order valence-electron chi connectivity index (χ1n) is 4.85. The van der Waals surface area contributed by atoms with Crippen molar-refractivity contribution in [1.29, 1.82) is 0 Å². The molecule has 0 aromatic heterocycles. The minimum atomic E-state index is -0.500. The zero-order valence-electron chi connectivity index (χ0n) is 9.21. The summed E-state index contributed by atoms with van der Waals surface area (Å²) in [4.78, 5) is 13.1. The van der Waals surface area contributed by atoms with E-state index >= 15 is 0 Å². The van der Waals surface area contributed by atoms with Crippen LogP contribution in [0, 0.1) is 0 Å². The smallest absolute Gasteiger partial charge is 0.239 e. The van der Waals surface area contributed by atoms with Crippen molar-refractivity contribution in [3.05, 3.63) is 33.8 Å². The lowest BCUT2D eigenvalue weighted by Crippen LogP contribution is -2.39. The average Bonchev–Trinajstić information content (AvgIpc) is 2.14. The Kier molecular flexibility index (Phi) is 4.59. The quantitative estimate of drug-likeness (QED) is 0.907. The molecule has 0 aliphatic rings. The standard InChI is InChI=1S/C11H14Cl2N2O/c1-7(14)11(16)15(2)6-8-3-9(12)5-10(13)4-8/h3-5,7H,6,14H2,1-2H3/t7-/m0/s1. The van der Waals surface area contributed by atoms with Crippen molar-refractivity contribution >= 4 is 29.1 Å². The highest BCUT2D eigenvalue weighted by atomic mass is 35.5. The van der Waals surface area contributed by atoms with Crippen LogP contribution in [0.1, 0.15) is 12.5 Å². The van der Waals surface area contributed by atoms with E-state index in [1.165, 1.54) is 0 Å². The summed E-state index contributed by atoms with van der Waals surface area (Å²) in [6.07, 6.45) is 0. The molecule has 0 heterocycles. The van der Waals surface area contributed by atoms with Crippen LogP contribution < -0.4 is 5.73 Å². The van der Waals surface area contributed by atoms with Crippen molar-refractivity contribution in [2.24, 2.45) is 5.73 Å². The second-order valence-corrected chi connectivity index (χ2v) is 4.63. The van der Waals surface area contributed by atoms with Gasteiger partial charge in [0.15, 0.2) is 0 Å². The molecule has 0 saturated carbocycles. The summed E-state index contributed by atoms with van der Waals surface area (Å²) in [6.45, 7) is 2.10. The maximum atomic E-state index is 11.6. The molecule has 1 rings (SSSR count). The Labute approximate surface area is 105 Å². The minimum Gasteiger partial charge on any atom is -0.340 e. The molecule has 0 aliphatic carbocycles. The second-order valence-electron chi connectivity index (χ2n) is 3.76. The van der Waals surface area contributed by atoms with Gasteiger partial charge < -0.3 is 10.6 Å². The summed E-state index contributed by atoms with van der Waals surface area (Å²) in [5.74, 6) is -0.115. The van der Waals surface area contributed by atoms with Crippen LogP contribution in [0.25, 0.3) is 0 Å². The molecule has 0 saturated heterocycles. The van der Waals surface area contributed by atoms with Crippen LogP contribution in [0.4, 0.5) is 0 Å². The van der Waals surface area contributed by atoms with Crippen molar-refractivity contribution in [3.63, 3.8) is 0 Å². The molecule has 5 heteroatoms. The summed E-state index contributed by atoms with van der Waals surface area (Å²) in [7, 11) is 1.69. The van der Waals surface area contributed by atoms with Crippen molar-refractivity contribution in [1.82, 2.24) is 4.90 Å². The van der Waals surface area contributed by atoms with Crippen LogP contribution in [-0.2, 0) is 11.3 Å². The van der Waals surface area contributed by atoms with Gasteiger partial charge in [-0.15, -0.1) is 0 Å². The lowest BCUT2D eigenvalue weighted by atomic mass is 10.2. The van der Waals surface area contributed by atoms with Gasteiger partial charge in [-0.1, -0.05) is 23.2 Å². The summed E-state index contributed by atoms with van der Waals surface area (Å²) < 4.78 is 0. The molecule has 16 heavy (non-hydrogen) atoms. The third kappa shape index (κ3) is 3.67. The molecule has 88 valence electrons. The fourth-order valence-corrected chi connectivity index (χ4v) is 1.97. The van der Waals surface area contributed by atoms with E-state index in [0.29, 0.717) is 16.6 Å². The highest BCUT2D eigenvalue weighted by Crippen LogP contribution is 2.19. The zero-order chi connectivity index (χ0) is 12.3. The number of nitrogens with zero attached hydrogens (tertiary/aromatic N) is 1. The number of likely N-dealkylation sites (N-methyl/N-ethyl adjacent to an activating group) is 1. The number of carbonyl (C=O) groups excluding carboxylic acids is 1. The third-order valence-corrected chi connectivity index (χ3v) is 2.54. The lowest BCUT2D eigenvalue weighted by Gasteiger charge is -2.19. The second kappa shape index (κ2) is 5.53. The van der Waals surface area contributed by atoms with Gasteiger partial charge in [0.25, 0.3) is 0 Å². The molecule has 2 N–H and O–H groups in total. The fourth-order valence-electron chi connectivity index (χ4n) is 1.40. The molecule has 0 unspecified atom stereocenters. The van der Waals surface area contributed by atoms with Crippen LogP contribution in [0.2, 0.25) is 10.0 Å². The van der Waals surface area contributed by atoms with Gasteiger partial charge in [-0.2, -0.15) is 0 Å². The van der Waals surface area contributed by atoms with Gasteiger partial charge in [-0.3, -0.25) is 4.79 Å². The van der Waals surface area contributed by atoms with Crippen molar-refractivity contribution in [2.75, 3.05) is 7.05 Å². The van der Waals surface area contributed by atoms with E-state index in [0.717, 1.165) is 5.56 Å². The molecular weight excluding hydrogens is 247 g/mol. The fraction of sp³-hybridized carbons (Fsp3) is 0.364. The van der Waals surface area contributed by atoms with E-state index in [-0.39, 0.29) is 5.91 Å². The Morgan fingerprint density at radius 3 is 2.31 bits per heavy atom. The Bertz CT molecular complexity index is 373. The molecule has 1 amide bonds. The normalized spacial score (nSPS) is 12.3. The van der Waals surface area contributed by atoms with Crippen LogP contribution in [0.15, 0.2) is 18.2 Å². The van der Waals surface area contributed by atoms with Crippen LogP contribution in [0.5, 0.6) is 0 Å². The number of hydrogen-bond donors (Lipinski definition) is 1. The van der Waals surface area contributed by atoms with E-state index in [1.807, 2.05) is 0 Å². The molecular formula is C11H14Cl2N2O. The average molecular weight is 261 g/mol. The highest BCUT2D eigenvalue weighted by Gasteiger charge is 2.13. The molecule has 1 aromatic carbocycles. The first-order valence-corrected chi connectivity index (χ1v) is 5.61. The predicted molar refractivity (Wildman–Crippen MR) is 66.6 cm³/mol. The number of carbonyl (C=O) groups is 1. The van der Waals surface area contributed by atoms with E-state index in [4.69, 9.17) is 28.9 Å². The Hall–Kier alpha value is -0.770. The maximum Gasteiger partial charge on any atom is 0.239 e. The van der Waals surface area contributed by atoms with Gasteiger partial charge in [0.2, 0.25) is 5.91 Å². The highest BCUT2D eigenvalue weighted by molar-refractivity contribution is 6.34. The van der Waals surface area contributed by atoms with E-state index < -0.39 is 6.04 Å². The minimum absolute atomic E-state index is 0.115. The van der Waals surface area contributed by atoms with Crippen molar-refractivity contribution < 1.29 is 4.79 Å². The van der Waals surface area contributed by atoms with Crippen molar-refractivity contribution in [2.45, 2.75) is 19.5 Å². The molecule has 1 aromatic rings. The monoisotopic (exact) mass is 260 g/mol. The number of halogens is 2. The van der Waals surface area contributed by atoms with E-state index in [1.54, 1.807) is 37.1 Å². The molecule has 0 fully saturated rings. The topological polar surface area (TPSA) is 46.3 Å². The largest absolute Gasteiger partial charge is 0.340 e. The third-order valence-electron chi connectivity index (χ3n) is 2.11. The van der Waals surface area contributed by atoms with Gasteiger partial charge in [0.05, 0.1) is 6.04 Å². The molecule has 0 radical (unpaired) electrons. The van der Waals surface area contributed by atoms with Crippen LogP contribution in [-0.4, -0.2) is 23.9 Å². The summed E-state index contributed by atoms with van der Waals surface area (Å²) >= 11 is 11.7. The summed E-state index contributed by atoms with van der Waals surface area (Å²) in [5, 5.41) is 1.12. The Morgan fingerprint density at radius 2 is 1.88 bits per heavy atom. The molecule has 1 atom stereocenters. The number of benzene rings is 1. The predicted octanol–water partition coefficient (Wildman–Crippen LogP) is 2.30. The van der Waals surface area contributed by atoms with Gasteiger partial charge in [0, 0.05) is 23.6 Å². The number of nitrogens with two attached hydrogens (primary N) is 1. The number of amides is 1.